The second-order valence-electron chi connectivity index (χ2n) is 5.45. The van der Waals surface area contributed by atoms with Crippen LogP contribution in [0.3, 0.4) is 0 Å². The summed E-state index contributed by atoms with van der Waals surface area (Å²) in [6.45, 7) is 1.37. The van der Waals surface area contributed by atoms with E-state index in [1.54, 1.807) is 17.1 Å². The Labute approximate surface area is 128 Å². The standard InChI is InChI=1S/C16H18N2O4/c17-16(20)12-5-7-18(8-6-12)15(19)4-2-11-1-3-13-14(9-11)22-10-21-13/h1-4,9,12H,5-8,10H2,(H2,17,20). The highest BCUT2D eigenvalue weighted by molar-refractivity contribution is 5.92. The van der Waals surface area contributed by atoms with Crippen molar-refractivity contribution >= 4 is 17.9 Å². The van der Waals surface area contributed by atoms with E-state index in [0.29, 0.717) is 31.7 Å². The second kappa shape index (κ2) is 6.09. The van der Waals surface area contributed by atoms with Gasteiger partial charge in [-0.1, -0.05) is 6.07 Å². The van der Waals surface area contributed by atoms with Crippen molar-refractivity contribution in [3.63, 3.8) is 0 Å². The molecule has 2 heterocycles. The molecule has 0 unspecified atom stereocenters. The number of ether oxygens (including phenoxy) is 2. The van der Waals surface area contributed by atoms with Crippen molar-refractivity contribution in [2.24, 2.45) is 11.7 Å². The van der Waals surface area contributed by atoms with Gasteiger partial charge in [-0.05, 0) is 36.6 Å². The minimum atomic E-state index is -0.275. The van der Waals surface area contributed by atoms with E-state index in [4.69, 9.17) is 15.2 Å². The zero-order valence-electron chi connectivity index (χ0n) is 12.2. The minimum absolute atomic E-state index is 0.0550. The zero-order chi connectivity index (χ0) is 15.5. The van der Waals surface area contributed by atoms with E-state index >= 15 is 0 Å². The number of rotatable bonds is 3. The van der Waals surface area contributed by atoms with Gasteiger partial charge >= 0.3 is 0 Å². The van der Waals surface area contributed by atoms with Crippen LogP contribution in [0.1, 0.15) is 18.4 Å². The van der Waals surface area contributed by atoms with Crippen LogP contribution in [0, 0.1) is 5.92 Å². The number of primary amides is 1. The van der Waals surface area contributed by atoms with Crippen LogP contribution in [0.15, 0.2) is 24.3 Å². The SMILES string of the molecule is NC(=O)C1CCN(C(=O)C=Cc2ccc3c(c2)OCO3)CC1. The first-order valence-corrected chi connectivity index (χ1v) is 7.29. The van der Waals surface area contributed by atoms with Crippen molar-refractivity contribution in [2.75, 3.05) is 19.9 Å². The minimum Gasteiger partial charge on any atom is -0.454 e. The molecule has 0 atom stereocenters. The van der Waals surface area contributed by atoms with Gasteiger partial charge in [0, 0.05) is 25.1 Å². The Balaban J connectivity index is 1.59. The predicted molar refractivity (Wildman–Crippen MR) is 80.1 cm³/mol. The molecule has 0 saturated carbocycles. The molecule has 2 aliphatic rings. The van der Waals surface area contributed by atoms with E-state index in [2.05, 4.69) is 0 Å². The van der Waals surface area contributed by atoms with Crippen LogP contribution in [0.25, 0.3) is 6.08 Å². The number of hydrogen-bond acceptors (Lipinski definition) is 4. The first-order chi connectivity index (χ1) is 10.6. The largest absolute Gasteiger partial charge is 0.454 e. The lowest BCUT2D eigenvalue weighted by atomic mass is 9.96. The molecule has 6 nitrogen and oxygen atoms in total. The van der Waals surface area contributed by atoms with Crippen molar-refractivity contribution in [3.05, 3.63) is 29.8 Å². The lowest BCUT2D eigenvalue weighted by Gasteiger charge is -2.29. The molecule has 0 spiro atoms. The molecule has 116 valence electrons. The van der Waals surface area contributed by atoms with Crippen LogP contribution in [0.5, 0.6) is 11.5 Å². The lowest BCUT2D eigenvalue weighted by Crippen LogP contribution is -2.41. The normalized spacial score (nSPS) is 17.9. The molecule has 0 aliphatic carbocycles. The van der Waals surface area contributed by atoms with E-state index in [0.717, 1.165) is 11.3 Å². The zero-order valence-corrected chi connectivity index (χ0v) is 12.2. The highest BCUT2D eigenvalue weighted by Gasteiger charge is 2.24. The Hall–Kier alpha value is -2.50. The monoisotopic (exact) mass is 302 g/mol. The summed E-state index contributed by atoms with van der Waals surface area (Å²) in [6.07, 6.45) is 4.57. The van der Waals surface area contributed by atoms with E-state index in [1.807, 2.05) is 18.2 Å². The quantitative estimate of drug-likeness (QED) is 0.849. The van der Waals surface area contributed by atoms with Gasteiger partial charge in [0.1, 0.15) is 0 Å². The number of nitrogens with two attached hydrogens (primary N) is 1. The molecule has 1 aromatic carbocycles. The number of likely N-dealkylation sites (tertiary alicyclic amines) is 1. The number of piperidine rings is 1. The lowest BCUT2D eigenvalue weighted by molar-refractivity contribution is -0.130. The first-order valence-electron chi connectivity index (χ1n) is 7.29. The molecule has 0 bridgehead atoms. The molecule has 3 rings (SSSR count). The van der Waals surface area contributed by atoms with Crippen LogP contribution >= 0.6 is 0 Å². The van der Waals surface area contributed by atoms with Crippen molar-refractivity contribution < 1.29 is 19.1 Å². The maximum atomic E-state index is 12.1. The number of fused-ring (bicyclic) bond motifs is 1. The summed E-state index contributed by atoms with van der Waals surface area (Å²) in [4.78, 5) is 25.0. The maximum Gasteiger partial charge on any atom is 0.246 e. The van der Waals surface area contributed by atoms with Gasteiger partial charge in [-0.25, -0.2) is 0 Å². The Morgan fingerprint density at radius 3 is 2.64 bits per heavy atom. The van der Waals surface area contributed by atoms with Crippen molar-refractivity contribution in [2.45, 2.75) is 12.8 Å². The van der Waals surface area contributed by atoms with Crippen molar-refractivity contribution in [3.8, 4) is 11.5 Å². The summed E-state index contributed by atoms with van der Waals surface area (Å²) in [6, 6.07) is 5.53. The molecule has 22 heavy (non-hydrogen) atoms. The maximum absolute atomic E-state index is 12.1. The van der Waals surface area contributed by atoms with Crippen molar-refractivity contribution in [1.29, 1.82) is 0 Å². The molecule has 2 N–H and O–H groups in total. The molecular formula is C16H18N2O4. The summed E-state index contributed by atoms with van der Waals surface area (Å²) >= 11 is 0. The topological polar surface area (TPSA) is 81.9 Å². The highest BCUT2D eigenvalue weighted by atomic mass is 16.7. The average Bonchev–Trinajstić information content (AvgIpc) is 3.00. The molecule has 1 saturated heterocycles. The fraction of sp³-hybridized carbons (Fsp3) is 0.375. The van der Waals surface area contributed by atoms with Crippen LogP contribution in [-0.4, -0.2) is 36.6 Å². The molecular weight excluding hydrogens is 284 g/mol. The van der Waals surface area contributed by atoms with E-state index in [-0.39, 0.29) is 24.5 Å². The van der Waals surface area contributed by atoms with Gasteiger partial charge in [-0.3, -0.25) is 9.59 Å². The van der Waals surface area contributed by atoms with Crippen LogP contribution in [0.2, 0.25) is 0 Å². The molecule has 2 aliphatic heterocycles. The van der Waals surface area contributed by atoms with E-state index in [9.17, 15) is 9.59 Å². The number of carbonyl (C=O) groups excluding carboxylic acids is 2. The summed E-state index contributed by atoms with van der Waals surface area (Å²) in [5.74, 6) is 0.972. The van der Waals surface area contributed by atoms with Gasteiger partial charge in [0.05, 0.1) is 0 Å². The summed E-state index contributed by atoms with van der Waals surface area (Å²) in [5, 5.41) is 0. The number of amides is 2. The van der Waals surface area contributed by atoms with Crippen LogP contribution in [0.4, 0.5) is 0 Å². The Morgan fingerprint density at radius 1 is 1.18 bits per heavy atom. The summed E-state index contributed by atoms with van der Waals surface area (Å²) < 4.78 is 10.5. The molecule has 6 heteroatoms. The molecule has 1 aromatic rings. The van der Waals surface area contributed by atoms with Gasteiger partial charge in [-0.15, -0.1) is 0 Å². The van der Waals surface area contributed by atoms with Crippen LogP contribution in [-0.2, 0) is 9.59 Å². The number of benzene rings is 1. The molecule has 0 radical (unpaired) electrons. The van der Waals surface area contributed by atoms with Gasteiger partial charge in [0.2, 0.25) is 18.6 Å². The van der Waals surface area contributed by atoms with Gasteiger partial charge < -0.3 is 20.1 Å². The fourth-order valence-electron chi connectivity index (χ4n) is 2.67. The van der Waals surface area contributed by atoms with E-state index < -0.39 is 0 Å². The Kier molecular flexibility index (Phi) is 4.00. The molecule has 1 fully saturated rings. The first kappa shape index (κ1) is 14.4. The predicted octanol–water partition coefficient (Wildman–Crippen LogP) is 1.15. The van der Waals surface area contributed by atoms with Gasteiger partial charge in [0.25, 0.3) is 0 Å². The van der Waals surface area contributed by atoms with Gasteiger partial charge in [-0.2, -0.15) is 0 Å². The third-order valence-corrected chi connectivity index (χ3v) is 4.02. The third kappa shape index (κ3) is 3.05. The highest BCUT2D eigenvalue weighted by Crippen LogP contribution is 2.32. The van der Waals surface area contributed by atoms with E-state index in [1.165, 1.54) is 0 Å². The summed E-state index contributed by atoms with van der Waals surface area (Å²) in [5.41, 5.74) is 6.17. The molecule has 2 amide bonds. The average molecular weight is 302 g/mol. The molecule has 0 aromatic heterocycles. The second-order valence-corrected chi connectivity index (χ2v) is 5.45. The fourth-order valence-corrected chi connectivity index (χ4v) is 2.67. The third-order valence-electron chi connectivity index (χ3n) is 4.02. The number of hydrogen-bond donors (Lipinski definition) is 1. The summed E-state index contributed by atoms with van der Waals surface area (Å²) in [7, 11) is 0. The number of carbonyl (C=O) groups is 2. The van der Waals surface area contributed by atoms with Crippen LogP contribution < -0.4 is 15.2 Å². The Morgan fingerprint density at radius 2 is 1.91 bits per heavy atom. The van der Waals surface area contributed by atoms with Gasteiger partial charge in [0.15, 0.2) is 11.5 Å². The number of nitrogens with zero attached hydrogens (tertiary/aromatic N) is 1. The van der Waals surface area contributed by atoms with Crippen molar-refractivity contribution in [1.82, 2.24) is 4.90 Å². The smallest absolute Gasteiger partial charge is 0.246 e. The Bertz CT molecular complexity index is 619.